The van der Waals surface area contributed by atoms with Gasteiger partial charge in [-0.1, -0.05) is 18.2 Å². The van der Waals surface area contributed by atoms with Crippen LogP contribution in [0, 0.1) is 15.2 Å². The summed E-state index contributed by atoms with van der Waals surface area (Å²) >= 11 is 2.22. The highest BCUT2D eigenvalue weighted by atomic mass is 127. The summed E-state index contributed by atoms with van der Waals surface area (Å²) in [5.41, 5.74) is 7.73. The van der Waals surface area contributed by atoms with Crippen LogP contribution in [0.2, 0.25) is 0 Å². The fourth-order valence-corrected chi connectivity index (χ4v) is 2.11. The summed E-state index contributed by atoms with van der Waals surface area (Å²) in [6, 6.07) is 11.5. The summed E-state index contributed by atoms with van der Waals surface area (Å²) in [5.74, 6) is -1.66. The summed E-state index contributed by atoms with van der Waals surface area (Å²) in [7, 11) is 0. The van der Waals surface area contributed by atoms with Crippen molar-refractivity contribution in [3.8, 4) is 0 Å². The second-order valence-electron chi connectivity index (χ2n) is 4.11. The molecule has 0 bridgehead atoms. The van der Waals surface area contributed by atoms with Gasteiger partial charge in [0.25, 0.3) is 0 Å². The van der Waals surface area contributed by atoms with Crippen LogP contribution in [-0.4, -0.2) is 0 Å². The van der Waals surface area contributed by atoms with Crippen LogP contribution in [0.3, 0.4) is 0 Å². The molecule has 0 aliphatic heterocycles. The van der Waals surface area contributed by atoms with Crippen molar-refractivity contribution in [1.29, 1.82) is 0 Å². The molecular weight excluding hydrogens is 347 g/mol. The van der Waals surface area contributed by atoms with E-state index in [1.807, 2.05) is 24.3 Å². The zero-order valence-electron chi connectivity index (χ0n) is 9.54. The van der Waals surface area contributed by atoms with Gasteiger partial charge in [-0.25, -0.2) is 8.78 Å². The van der Waals surface area contributed by atoms with Gasteiger partial charge < -0.3 is 5.73 Å². The molecule has 4 heteroatoms. The van der Waals surface area contributed by atoms with E-state index < -0.39 is 11.6 Å². The Balaban J connectivity index is 2.13. The smallest absolute Gasteiger partial charge is 0.159 e. The molecule has 0 saturated heterocycles. The molecule has 1 nitrogen and oxygen atoms in total. The Morgan fingerprint density at radius 2 is 1.67 bits per heavy atom. The SMILES string of the molecule is NC(Cc1ccc(F)c(F)c1)c1ccc(I)cc1. The van der Waals surface area contributed by atoms with Crippen LogP contribution in [0.15, 0.2) is 42.5 Å². The summed E-state index contributed by atoms with van der Waals surface area (Å²) in [5, 5.41) is 0. The maximum absolute atomic E-state index is 13.1. The number of halogens is 3. The Labute approximate surface area is 118 Å². The number of rotatable bonds is 3. The van der Waals surface area contributed by atoms with Gasteiger partial charge in [0.15, 0.2) is 11.6 Å². The molecule has 94 valence electrons. The van der Waals surface area contributed by atoms with Gasteiger partial charge in [-0.15, -0.1) is 0 Å². The van der Waals surface area contributed by atoms with Crippen molar-refractivity contribution < 1.29 is 8.78 Å². The van der Waals surface area contributed by atoms with Crippen LogP contribution in [0.5, 0.6) is 0 Å². The lowest BCUT2D eigenvalue weighted by Crippen LogP contribution is -2.13. The predicted octanol–water partition coefficient (Wildman–Crippen LogP) is 3.81. The van der Waals surface area contributed by atoms with Gasteiger partial charge in [0.1, 0.15) is 0 Å². The molecule has 0 radical (unpaired) electrons. The Hall–Kier alpha value is -1.01. The Morgan fingerprint density at radius 1 is 1.00 bits per heavy atom. The quantitative estimate of drug-likeness (QED) is 0.829. The van der Waals surface area contributed by atoms with E-state index >= 15 is 0 Å². The molecule has 18 heavy (non-hydrogen) atoms. The van der Waals surface area contributed by atoms with Crippen molar-refractivity contribution in [2.45, 2.75) is 12.5 Å². The van der Waals surface area contributed by atoms with Crippen molar-refractivity contribution in [3.63, 3.8) is 0 Å². The monoisotopic (exact) mass is 359 g/mol. The molecule has 2 rings (SSSR count). The maximum Gasteiger partial charge on any atom is 0.159 e. The van der Waals surface area contributed by atoms with Crippen molar-refractivity contribution in [2.75, 3.05) is 0 Å². The highest BCUT2D eigenvalue weighted by molar-refractivity contribution is 14.1. The van der Waals surface area contributed by atoms with Crippen LogP contribution in [-0.2, 0) is 6.42 Å². The topological polar surface area (TPSA) is 26.0 Å². The van der Waals surface area contributed by atoms with Gasteiger partial charge in [-0.3, -0.25) is 0 Å². The molecule has 0 fully saturated rings. The second-order valence-corrected chi connectivity index (χ2v) is 5.36. The lowest BCUT2D eigenvalue weighted by molar-refractivity contribution is 0.506. The maximum atomic E-state index is 13.1. The fourth-order valence-electron chi connectivity index (χ4n) is 1.75. The Morgan fingerprint density at radius 3 is 2.28 bits per heavy atom. The summed E-state index contributed by atoms with van der Waals surface area (Å²) < 4.78 is 27.0. The highest BCUT2D eigenvalue weighted by Gasteiger charge is 2.09. The Kier molecular flexibility index (Phi) is 4.29. The van der Waals surface area contributed by atoms with E-state index in [1.165, 1.54) is 6.07 Å². The molecule has 2 aromatic rings. The van der Waals surface area contributed by atoms with Gasteiger partial charge in [0, 0.05) is 9.61 Å². The first-order chi connectivity index (χ1) is 8.56. The van der Waals surface area contributed by atoms with Crippen molar-refractivity contribution >= 4 is 22.6 Å². The molecule has 0 spiro atoms. The third kappa shape index (κ3) is 3.26. The van der Waals surface area contributed by atoms with E-state index in [0.717, 1.165) is 15.2 Å². The molecule has 2 N–H and O–H groups in total. The highest BCUT2D eigenvalue weighted by Crippen LogP contribution is 2.18. The van der Waals surface area contributed by atoms with E-state index in [1.54, 1.807) is 6.07 Å². The zero-order chi connectivity index (χ0) is 13.1. The van der Waals surface area contributed by atoms with Crippen molar-refractivity contribution in [1.82, 2.24) is 0 Å². The molecule has 0 aromatic heterocycles. The normalized spacial score (nSPS) is 12.4. The number of benzene rings is 2. The summed E-state index contributed by atoms with van der Waals surface area (Å²) in [6.07, 6.45) is 0.484. The third-order valence-corrected chi connectivity index (χ3v) is 3.46. The first-order valence-corrected chi connectivity index (χ1v) is 6.59. The zero-order valence-corrected chi connectivity index (χ0v) is 11.7. The summed E-state index contributed by atoms with van der Waals surface area (Å²) in [6.45, 7) is 0. The standard InChI is InChI=1S/C14H12F2IN/c15-12-6-1-9(7-13(12)16)8-14(18)10-2-4-11(17)5-3-10/h1-7,14H,8,18H2. The average molecular weight is 359 g/mol. The van der Waals surface area contributed by atoms with E-state index in [2.05, 4.69) is 22.6 Å². The van der Waals surface area contributed by atoms with Crippen LogP contribution in [0.25, 0.3) is 0 Å². The largest absolute Gasteiger partial charge is 0.324 e. The number of hydrogen-bond donors (Lipinski definition) is 1. The van der Waals surface area contributed by atoms with Crippen LogP contribution < -0.4 is 5.73 Å². The predicted molar refractivity (Wildman–Crippen MR) is 76.1 cm³/mol. The van der Waals surface area contributed by atoms with E-state index in [9.17, 15) is 8.78 Å². The lowest BCUT2D eigenvalue weighted by atomic mass is 10.00. The lowest BCUT2D eigenvalue weighted by Gasteiger charge is -2.12. The van der Waals surface area contributed by atoms with Gasteiger partial charge in [0.05, 0.1) is 0 Å². The molecule has 0 aliphatic rings. The minimum Gasteiger partial charge on any atom is -0.324 e. The van der Waals surface area contributed by atoms with E-state index in [-0.39, 0.29) is 6.04 Å². The molecule has 0 amide bonds. The van der Waals surface area contributed by atoms with E-state index in [4.69, 9.17) is 5.73 Å². The average Bonchev–Trinajstić information content (AvgIpc) is 2.34. The van der Waals surface area contributed by atoms with Crippen LogP contribution in [0.1, 0.15) is 17.2 Å². The van der Waals surface area contributed by atoms with Gasteiger partial charge in [-0.05, 0) is 64.4 Å². The van der Waals surface area contributed by atoms with Crippen molar-refractivity contribution in [2.24, 2.45) is 5.73 Å². The molecule has 0 aliphatic carbocycles. The van der Waals surface area contributed by atoms with Crippen molar-refractivity contribution in [3.05, 3.63) is 68.8 Å². The molecule has 0 heterocycles. The van der Waals surface area contributed by atoms with E-state index in [0.29, 0.717) is 12.0 Å². The number of hydrogen-bond acceptors (Lipinski definition) is 1. The van der Waals surface area contributed by atoms with Crippen LogP contribution >= 0.6 is 22.6 Å². The van der Waals surface area contributed by atoms with Crippen LogP contribution in [0.4, 0.5) is 8.78 Å². The third-order valence-electron chi connectivity index (χ3n) is 2.74. The minimum atomic E-state index is -0.832. The Bertz CT molecular complexity index is 540. The van der Waals surface area contributed by atoms with Gasteiger partial charge in [0.2, 0.25) is 0 Å². The number of nitrogens with two attached hydrogens (primary N) is 1. The molecule has 1 atom stereocenters. The van der Waals surface area contributed by atoms with Gasteiger partial charge in [-0.2, -0.15) is 0 Å². The fraction of sp³-hybridized carbons (Fsp3) is 0.143. The van der Waals surface area contributed by atoms with Gasteiger partial charge >= 0.3 is 0 Å². The molecular formula is C14H12F2IN. The molecule has 0 saturated carbocycles. The first-order valence-electron chi connectivity index (χ1n) is 5.51. The molecule has 1 unspecified atom stereocenters. The first kappa shape index (κ1) is 13.4. The summed E-state index contributed by atoms with van der Waals surface area (Å²) in [4.78, 5) is 0. The minimum absolute atomic E-state index is 0.216. The molecule has 2 aromatic carbocycles. The second kappa shape index (κ2) is 5.75.